The summed E-state index contributed by atoms with van der Waals surface area (Å²) in [6.45, 7) is 0. The quantitative estimate of drug-likeness (QED) is 0.459. The zero-order chi connectivity index (χ0) is 15.5. The molecule has 2 aromatic carbocycles. The van der Waals surface area contributed by atoms with Crippen molar-refractivity contribution in [1.82, 2.24) is 0 Å². The van der Waals surface area contributed by atoms with E-state index in [0.717, 1.165) is 15.5 Å². The molecule has 3 N–H and O–H groups in total. The number of aliphatic hydroxyl groups excluding tert-OH is 1. The van der Waals surface area contributed by atoms with Crippen molar-refractivity contribution in [2.75, 3.05) is 12.6 Å². The van der Waals surface area contributed by atoms with Crippen molar-refractivity contribution in [3.05, 3.63) is 60.4 Å². The van der Waals surface area contributed by atoms with Gasteiger partial charge < -0.3 is 5.11 Å². The summed E-state index contributed by atoms with van der Waals surface area (Å²) in [6.07, 6.45) is 5.61. The maximum atomic E-state index is 10.5. The first-order chi connectivity index (χ1) is 10.7. The molecule has 0 radical (unpaired) electrons. The predicted molar refractivity (Wildman–Crippen MR) is 85.8 cm³/mol. The van der Waals surface area contributed by atoms with Crippen molar-refractivity contribution in [3.63, 3.8) is 0 Å². The topological polar surface area (TPSA) is 64.7 Å². The highest BCUT2D eigenvalue weighted by molar-refractivity contribution is 5.98. The number of allylic oxidation sites excluding steroid dienone is 4. The number of hydrogen-bond donors (Lipinski definition) is 3. The fourth-order valence-corrected chi connectivity index (χ4v) is 2.48. The number of nitrogens with one attached hydrogen (secondary N) is 1. The fourth-order valence-electron chi connectivity index (χ4n) is 2.48. The molecule has 22 heavy (non-hydrogen) atoms. The average Bonchev–Trinajstić information content (AvgIpc) is 2.54. The third-order valence-corrected chi connectivity index (χ3v) is 3.56. The van der Waals surface area contributed by atoms with Crippen molar-refractivity contribution in [3.8, 4) is 0 Å². The van der Waals surface area contributed by atoms with Crippen LogP contribution in [-0.2, 0) is 4.84 Å². The molecule has 0 atom stereocenters. The third-order valence-electron chi connectivity index (χ3n) is 3.56. The van der Waals surface area contributed by atoms with Gasteiger partial charge in [-0.2, -0.15) is 0 Å². The van der Waals surface area contributed by atoms with Gasteiger partial charge >= 0.3 is 0 Å². The van der Waals surface area contributed by atoms with Gasteiger partial charge in [0.05, 0.1) is 13.5 Å². The van der Waals surface area contributed by atoms with Gasteiger partial charge in [0.25, 0.3) is 11.4 Å². The largest absolute Gasteiger partial charge is 0.502 e. The van der Waals surface area contributed by atoms with Crippen LogP contribution in [0, 0.1) is 0 Å². The number of hydrogen-bond acceptors (Lipinski definition) is 4. The molecular weight excluding hydrogens is 280 g/mol. The van der Waals surface area contributed by atoms with Crippen molar-refractivity contribution in [2.45, 2.75) is 6.42 Å². The second-order valence-corrected chi connectivity index (χ2v) is 4.97. The van der Waals surface area contributed by atoms with E-state index in [1.54, 1.807) is 12.2 Å². The van der Waals surface area contributed by atoms with E-state index in [0.29, 0.717) is 23.5 Å². The van der Waals surface area contributed by atoms with Crippen LogP contribution in [0.4, 0.5) is 11.4 Å². The van der Waals surface area contributed by atoms with Crippen LogP contribution in [0.15, 0.2) is 60.4 Å². The van der Waals surface area contributed by atoms with Crippen LogP contribution < -0.4 is 5.48 Å². The van der Waals surface area contributed by atoms with Crippen LogP contribution in [0.5, 0.6) is 0 Å². The summed E-state index contributed by atoms with van der Waals surface area (Å²) in [5.41, 5.74) is 4.30. The summed E-state index contributed by atoms with van der Waals surface area (Å²) in [6, 6.07) is 11.6. The van der Waals surface area contributed by atoms with Crippen molar-refractivity contribution in [2.24, 2.45) is 0 Å². The first kappa shape index (κ1) is 14.2. The number of aliphatic hydroxyl groups is 1. The summed E-state index contributed by atoms with van der Waals surface area (Å²) in [4.78, 5) is 4.99. The Morgan fingerprint density at radius 1 is 1.18 bits per heavy atom. The second-order valence-electron chi connectivity index (χ2n) is 4.97. The summed E-state index contributed by atoms with van der Waals surface area (Å²) in [5, 5.41) is 22.5. The highest BCUT2D eigenvalue weighted by Crippen LogP contribution is 2.31. The maximum absolute atomic E-state index is 10.5. The van der Waals surface area contributed by atoms with Crippen molar-refractivity contribution in [1.29, 1.82) is 0 Å². The number of nitrogens with zero attached hydrogens (tertiary/aromatic N) is 1. The van der Waals surface area contributed by atoms with Crippen molar-refractivity contribution < 1.29 is 19.9 Å². The smallest absolute Gasteiger partial charge is 0.283 e. The van der Waals surface area contributed by atoms with Crippen LogP contribution in [0.3, 0.4) is 0 Å². The van der Waals surface area contributed by atoms with Crippen LogP contribution in [-0.4, -0.2) is 27.9 Å². The van der Waals surface area contributed by atoms with E-state index in [4.69, 9.17) is 4.84 Å². The van der Waals surface area contributed by atoms with E-state index in [2.05, 4.69) is 5.48 Å². The normalized spacial score (nSPS) is 16.5. The third kappa shape index (κ3) is 2.54. The molecular formula is C17H17N2O3+. The van der Waals surface area contributed by atoms with Crippen LogP contribution in [0.2, 0.25) is 0 Å². The molecule has 0 saturated carbocycles. The van der Waals surface area contributed by atoms with E-state index in [9.17, 15) is 10.3 Å². The van der Waals surface area contributed by atoms with Gasteiger partial charge in [-0.1, -0.05) is 36.4 Å². The van der Waals surface area contributed by atoms with Gasteiger partial charge in [-0.15, -0.1) is 0 Å². The minimum atomic E-state index is 0.0431. The first-order valence-corrected chi connectivity index (χ1v) is 6.93. The summed E-state index contributed by atoms with van der Waals surface area (Å²) in [7, 11) is 1.51. The van der Waals surface area contributed by atoms with Crippen LogP contribution >= 0.6 is 0 Å². The molecule has 0 aliphatic heterocycles. The predicted octanol–water partition coefficient (Wildman–Crippen LogP) is 3.69. The van der Waals surface area contributed by atoms with E-state index >= 15 is 0 Å². The lowest BCUT2D eigenvalue weighted by Gasteiger charge is -2.09. The molecule has 5 nitrogen and oxygen atoms in total. The molecule has 1 aliphatic rings. The van der Waals surface area contributed by atoms with Crippen LogP contribution in [0.1, 0.15) is 6.42 Å². The Kier molecular flexibility index (Phi) is 3.80. The van der Waals surface area contributed by atoms with Gasteiger partial charge in [-0.05, 0) is 22.9 Å². The Morgan fingerprint density at radius 2 is 1.91 bits per heavy atom. The van der Waals surface area contributed by atoms with E-state index in [-0.39, 0.29) is 5.76 Å². The Bertz CT molecular complexity index is 807. The lowest BCUT2D eigenvalue weighted by atomic mass is 10.1. The highest BCUT2D eigenvalue weighted by atomic mass is 16.6. The zero-order valence-electron chi connectivity index (χ0n) is 12.2. The number of fused-ring (bicyclic) bond motifs is 1. The van der Waals surface area contributed by atoms with E-state index < -0.39 is 0 Å². The minimum absolute atomic E-state index is 0.0431. The molecule has 1 aliphatic carbocycles. The molecule has 2 aromatic rings. The number of rotatable bonds is 3. The maximum Gasteiger partial charge on any atom is 0.283 e. The Hall–Kier alpha value is -2.79. The number of anilines is 1. The molecule has 0 spiro atoms. The molecule has 0 unspecified atom stereocenters. The van der Waals surface area contributed by atoms with Gasteiger partial charge in [0.2, 0.25) is 0 Å². The van der Waals surface area contributed by atoms with Gasteiger partial charge in [-0.25, -0.2) is 0 Å². The molecule has 0 fully saturated rings. The minimum Gasteiger partial charge on any atom is -0.502 e. The monoisotopic (exact) mass is 297 g/mol. The lowest BCUT2D eigenvalue weighted by molar-refractivity contribution is -0.713. The SMILES string of the molecule is CONc1cc2ccccc2cc1/[N+](O)=C1\CC=CC=C1O. The van der Waals surface area contributed by atoms with Crippen molar-refractivity contribution >= 4 is 27.9 Å². The summed E-state index contributed by atoms with van der Waals surface area (Å²) >= 11 is 0. The molecule has 5 heteroatoms. The molecule has 0 heterocycles. The van der Waals surface area contributed by atoms with Gasteiger partial charge in [0.15, 0.2) is 5.76 Å². The van der Waals surface area contributed by atoms with Gasteiger partial charge in [0.1, 0.15) is 5.69 Å². The standard InChI is InChI=1S/C17H16N2O3/c1-22-18-14-10-12-6-2-3-7-13(12)11-16(14)19(21)15-8-4-5-9-17(15)20/h2-7,9-11,18H,8H2,1H3,(H-,20,21)/p+1/b19-15-. The lowest BCUT2D eigenvalue weighted by Crippen LogP contribution is -2.18. The second kappa shape index (κ2) is 5.91. The molecule has 0 aromatic heterocycles. The average molecular weight is 297 g/mol. The van der Waals surface area contributed by atoms with Gasteiger partial charge in [-0.3, -0.25) is 15.5 Å². The zero-order valence-corrected chi connectivity index (χ0v) is 12.2. The highest BCUT2D eigenvalue weighted by Gasteiger charge is 2.25. The molecule has 0 bridgehead atoms. The first-order valence-electron chi connectivity index (χ1n) is 6.93. The van der Waals surface area contributed by atoms with E-state index in [1.165, 1.54) is 7.11 Å². The molecule has 112 valence electrons. The van der Waals surface area contributed by atoms with Crippen LogP contribution in [0.25, 0.3) is 10.8 Å². The number of benzene rings is 2. The Labute approximate surface area is 128 Å². The molecule has 0 amide bonds. The summed E-state index contributed by atoms with van der Waals surface area (Å²) in [5.74, 6) is 0.0431. The van der Waals surface area contributed by atoms with Gasteiger partial charge in [0, 0.05) is 10.8 Å². The molecule has 0 saturated heterocycles. The summed E-state index contributed by atoms with van der Waals surface area (Å²) < 4.78 is 0.989. The fraction of sp³-hybridized carbons (Fsp3) is 0.118. The van der Waals surface area contributed by atoms with E-state index in [1.807, 2.05) is 42.5 Å². The Balaban J connectivity index is 2.20. The Morgan fingerprint density at radius 3 is 2.59 bits per heavy atom. The molecule has 3 rings (SSSR count).